The van der Waals surface area contributed by atoms with Crippen LogP contribution in [-0.2, 0) is 11.3 Å². The fraction of sp³-hybridized carbons (Fsp3) is 0.600. The molecule has 1 aromatic carbocycles. The summed E-state index contributed by atoms with van der Waals surface area (Å²) in [6.07, 6.45) is 3.00. The molecule has 1 aliphatic heterocycles. The van der Waals surface area contributed by atoms with Crippen molar-refractivity contribution < 1.29 is 4.79 Å². The molecular formula is C20H33N5O. The molecule has 0 aliphatic carbocycles. The van der Waals surface area contributed by atoms with Gasteiger partial charge in [0.05, 0.1) is 12.5 Å². The van der Waals surface area contributed by atoms with E-state index < -0.39 is 0 Å². The lowest BCUT2D eigenvalue weighted by atomic mass is 9.97. The zero-order valence-electron chi connectivity index (χ0n) is 16.1. The summed E-state index contributed by atoms with van der Waals surface area (Å²) in [5, 5.41) is 6.69. The Bertz CT molecular complexity index is 602. The molecule has 0 bridgehead atoms. The largest absolute Gasteiger partial charge is 0.369 e. The van der Waals surface area contributed by atoms with Crippen LogP contribution in [0.25, 0.3) is 0 Å². The van der Waals surface area contributed by atoms with E-state index in [4.69, 9.17) is 5.73 Å². The van der Waals surface area contributed by atoms with Crippen LogP contribution in [0.3, 0.4) is 0 Å². The predicted octanol–water partition coefficient (Wildman–Crippen LogP) is 1.64. The summed E-state index contributed by atoms with van der Waals surface area (Å²) in [5.41, 5.74) is 7.92. The Morgan fingerprint density at radius 2 is 2.23 bits per heavy atom. The number of hydrogen-bond acceptors (Lipinski definition) is 3. The lowest BCUT2D eigenvalue weighted by molar-refractivity contribution is -0.123. The molecule has 0 aromatic heterocycles. The number of guanidine groups is 1. The number of piperidine rings is 1. The van der Waals surface area contributed by atoms with Gasteiger partial charge >= 0.3 is 0 Å². The first-order valence-corrected chi connectivity index (χ1v) is 9.68. The zero-order valence-corrected chi connectivity index (χ0v) is 16.1. The number of carbonyl (C=O) groups is 1. The number of nitrogens with two attached hydrogens (primary N) is 1. The van der Waals surface area contributed by atoms with Crippen molar-refractivity contribution in [3.8, 4) is 0 Å². The summed E-state index contributed by atoms with van der Waals surface area (Å²) in [6.45, 7) is 9.38. The second-order valence-corrected chi connectivity index (χ2v) is 7.01. The number of likely N-dealkylation sites (tertiary alicyclic amines) is 1. The number of primary amides is 1. The molecule has 6 nitrogen and oxygen atoms in total. The first-order chi connectivity index (χ1) is 12.6. The van der Waals surface area contributed by atoms with Crippen molar-refractivity contribution in [2.24, 2.45) is 16.6 Å². The van der Waals surface area contributed by atoms with Gasteiger partial charge in [-0.1, -0.05) is 29.8 Å². The molecule has 0 radical (unpaired) electrons. The van der Waals surface area contributed by atoms with Crippen molar-refractivity contribution in [2.45, 2.75) is 39.7 Å². The molecule has 0 spiro atoms. The fourth-order valence-electron chi connectivity index (χ4n) is 3.32. The number of hydrogen-bond donors (Lipinski definition) is 3. The summed E-state index contributed by atoms with van der Waals surface area (Å²) < 4.78 is 0. The molecule has 1 atom stereocenters. The van der Waals surface area contributed by atoms with E-state index in [1.807, 2.05) is 0 Å². The van der Waals surface area contributed by atoms with Crippen molar-refractivity contribution >= 4 is 11.9 Å². The summed E-state index contributed by atoms with van der Waals surface area (Å²) in [5.74, 6) is 0.707. The average Bonchev–Trinajstić information content (AvgIpc) is 2.63. The fourth-order valence-corrected chi connectivity index (χ4v) is 3.32. The Kier molecular flexibility index (Phi) is 8.41. The maximum Gasteiger partial charge on any atom is 0.221 e. The number of aliphatic imine (C=N–C) groups is 1. The van der Waals surface area contributed by atoms with Crippen molar-refractivity contribution in [1.29, 1.82) is 0 Å². The topological polar surface area (TPSA) is 82.8 Å². The summed E-state index contributed by atoms with van der Waals surface area (Å²) >= 11 is 0. The van der Waals surface area contributed by atoms with Gasteiger partial charge in [-0.3, -0.25) is 4.79 Å². The van der Waals surface area contributed by atoms with Crippen LogP contribution in [0.4, 0.5) is 0 Å². The SMILES string of the molecule is CCNC(=NCc1cccc(C)c1)NCCCN1CCCC(C(N)=O)C1. The third-order valence-corrected chi connectivity index (χ3v) is 4.70. The van der Waals surface area contributed by atoms with Crippen LogP contribution in [0.1, 0.15) is 37.3 Å². The number of benzene rings is 1. The molecule has 1 aliphatic rings. The minimum absolute atomic E-state index is 0.0184. The van der Waals surface area contributed by atoms with Gasteiger partial charge in [-0.2, -0.15) is 0 Å². The van der Waals surface area contributed by atoms with Crippen molar-refractivity contribution in [3.63, 3.8) is 0 Å². The quantitative estimate of drug-likeness (QED) is 0.374. The molecule has 6 heteroatoms. The smallest absolute Gasteiger partial charge is 0.221 e. The van der Waals surface area contributed by atoms with E-state index in [1.165, 1.54) is 11.1 Å². The third kappa shape index (κ3) is 7.04. The molecule has 1 unspecified atom stereocenters. The second-order valence-electron chi connectivity index (χ2n) is 7.01. The Labute approximate surface area is 157 Å². The number of amides is 1. The second kappa shape index (κ2) is 10.8. The van der Waals surface area contributed by atoms with E-state index in [1.54, 1.807) is 0 Å². The van der Waals surface area contributed by atoms with Crippen molar-refractivity contribution in [2.75, 3.05) is 32.7 Å². The van der Waals surface area contributed by atoms with Gasteiger partial charge < -0.3 is 21.3 Å². The van der Waals surface area contributed by atoms with E-state index in [9.17, 15) is 4.79 Å². The zero-order chi connectivity index (χ0) is 18.8. The number of nitrogens with one attached hydrogen (secondary N) is 2. The maximum atomic E-state index is 11.4. The molecule has 1 heterocycles. The monoisotopic (exact) mass is 359 g/mol. The molecule has 1 saturated heterocycles. The van der Waals surface area contributed by atoms with Gasteiger partial charge in [0.15, 0.2) is 5.96 Å². The molecule has 144 valence electrons. The van der Waals surface area contributed by atoms with Crippen LogP contribution >= 0.6 is 0 Å². The summed E-state index contributed by atoms with van der Waals surface area (Å²) in [6, 6.07) is 8.43. The molecule has 1 fully saturated rings. The molecular weight excluding hydrogens is 326 g/mol. The Hall–Kier alpha value is -2.08. The van der Waals surface area contributed by atoms with Crippen LogP contribution in [0, 0.1) is 12.8 Å². The average molecular weight is 360 g/mol. The molecule has 4 N–H and O–H groups in total. The van der Waals surface area contributed by atoms with Gasteiger partial charge in [0, 0.05) is 19.6 Å². The van der Waals surface area contributed by atoms with Crippen LogP contribution in [-0.4, -0.2) is 49.5 Å². The Morgan fingerprint density at radius 1 is 1.38 bits per heavy atom. The number of nitrogens with zero attached hydrogens (tertiary/aromatic N) is 2. The van der Waals surface area contributed by atoms with Gasteiger partial charge in [-0.05, 0) is 51.8 Å². The van der Waals surface area contributed by atoms with Crippen LogP contribution in [0.15, 0.2) is 29.3 Å². The minimum Gasteiger partial charge on any atom is -0.369 e. The van der Waals surface area contributed by atoms with Gasteiger partial charge in [0.2, 0.25) is 5.91 Å². The van der Waals surface area contributed by atoms with Crippen molar-refractivity contribution in [3.05, 3.63) is 35.4 Å². The molecule has 0 saturated carbocycles. The molecule has 1 aromatic rings. The van der Waals surface area contributed by atoms with E-state index >= 15 is 0 Å². The summed E-state index contributed by atoms with van der Waals surface area (Å²) in [4.78, 5) is 18.4. The highest BCUT2D eigenvalue weighted by Crippen LogP contribution is 2.15. The lowest BCUT2D eigenvalue weighted by Crippen LogP contribution is -2.43. The third-order valence-electron chi connectivity index (χ3n) is 4.70. The Morgan fingerprint density at radius 3 is 2.96 bits per heavy atom. The number of carbonyl (C=O) groups excluding carboxylic acids is 1. The number of aryl methyl sites for hydroxylation is 1. The van der Waals surface area contributed by atoms with Crippen LogP contribution in [0.2, 0.25) is 0 Å². The first-order valence-electron chi connectivity index (χ1n) is 9.68. The van der Waals surface area contributed by atoms with E-state index in [0.29, 0.717) is 6.54 Å². The van der Waals surface area contributed by atoms with Crippen LogP contribution < -0.4 is 16.4 Å². The molecule has 2 rings (SSSR count). The van der Waals surface area contributed by atoms with Gasteiger partial charge in [0.25, 0.3) is 0 Å². The van der Waals surface area contributed by atoms with Gasteiger partial charge in [-0.25, -0.2) is 4.99 Å². The van der Waals surface area contributed by atoms with Gasteiger partial charge in [-0.15, -0.1) is 0 Å². The minimum atomic E-state index is -0.162. The highest BCUT2D eigenvalue weighted by Gasteiger charge is 2.23. The Balaban J connectivity index is 1.74. The van der Waals surface area contributed by atoms with Crippen LogP contribution in [0.5, 0.6) is 0 Å². The maximum absolute atomic E-state index is 11.4. The van der Waals surface area contributed by atoms with Crippen molar-refractivity contribution in [1.82, 2.24) is 15.5 Å². The highest BCUT2D eigenvalue weighted by atomic mass is 16.1. The molecule has 26 heavy (non-hydrogen) atoms. The normalized spacial score (nSPS) is 18.5. The van der Waals surface area contributed by atoms with E-state index in [-0.39, 0.29) is 11.8 Å². The van der Waals surface area contributed by atoms with E-state index in [2.05, 4.69) is 58.6 Å². The highest BCUT2D eigenvalue weighted by molar-refractivity contribution is 5.79. The predicted molar refractivity (Wildman–Crippen MR) is 107 cm³/mol. The van der Waals surface area contributed by atoms with Gasteiger partial charge in [0.1, 0.15) is 0 Å². The summed E-state index contributed by atoms with van der Waals surface area (Å²) in [7, 11) is 0. The lowest BCUT2D eigenvalue weighted by Gasteiger charge is -2.31. The number of rotatable bonds is 8. The standard InChI is InChI=1S/C20H33N5O/c1-3-22-20(24-14-17-8-4-7-16(2)13-17)23-10-6-12-25-11-5-9-18(15-25)19(21)26/h4,7-8,13,18H,3,5-6,9-12,14-15H2,1-2H3,(H2,21,26)(H2,22,23,24). The molecule has 1 amide bonds. The van der Waals surface area contributed by atoms with E-state index in [0.717, 1.165) is 57.9 Å². The first kappa shape index (κ1) is 20.2.